The third kappa shape index (κ3) is 3.52. The maximum absolute atomic E-state index is 5.76. The molecule has 3 aromatic rings. The molecule has 0 aliphatic rings. The highest BCUT2D eigenvalue weighted by atomic mass is 16.5. The van der Waals surface area contributed by atoms with Crippen molar-refractivity contribution in [2.24, 2.45) is 0 Å². The molecular weight excluding hydrogens is 280 g/mol. The van der Waals surface area contributed by atoms with Gasteiger partial charge in [0.2, 0.25) is 11.8 Å². The van der Waals surface area contributed by atoms with E-state index in [2.05, 4.69) is 9.97 Å². The fraction of sp³-hybridized carbons (Fsp3) is 0.0588. The summed E-state index contributed by atoms with van der Waals surface area (Å²) in [6.45, 7) is 0. The molecule has 0 fully saturated rings. The van der Waals surface area contributed by atoms with Crippen molar-refractivity contribution in [2.45, 2.75) is 0 Å². The number of hydrogen-bond acceptors (Lipinski definition) is 5. The van der Waals surface area contributed by atoms with E-state index in [-0.39, 0.29) is 0 Å². The lowest BCUT2D eigenvalue weighted by Crippen LogP contribution is -1.92. The summed E-state index contributed by atoms with van der Waals surface area (Å²) in [7, 11) is 1.54. The predicted molar refractivity (Wildman–Crippen MR) is 81.6 cm³/mol. The van der Waals surface area contributed by atoms with Gasteiger partial charge in [0.25, 0.3) is 0 Å². The largest absolute Gasteiger partial charge is 0.481 e. The third-order valence-corrected chi connectivity index (χ3v) is 2.83. The van der Waals surface area contributed by atoms with E-state index in [0.29, 0.717) is 23.3 Å². The molecule has 0 spiro atoms. The van der Waals surface area contributed by atoms with Gasteiger partial charge in [-0.1, -0.05) is 24.3 Å². The monoisotopic (exact) mass is 294 g/mol. The molecule has 0 amide bonds. The van der Waals surface area contributed by atoms with Gasteiger partial charge in [-0.25, -0.2) is 9.97 Å². The Morgan fingerprint density at radius 1 is 0.682 bits per heavy atom. The predicted octanol–water partition coefficient (Wildman–Crippen LogP) is 4.07. The quantitative estimate of drug-likeness (QED) is 0.710. The van der Waals surface area contributed by atoms with Crippen molar-refractivity contribution in [1.82, 2.24) is 9.97 Å². The van der Waals surface area contributed by atoms with Crippen LogP contribution in [0.25, 0.3) is 0 Å². The Kier molecular flexibility index (Phi) is 4.15. The average molecular weight is 294 g/mol. The van der Waals surface area contributed by atoms with Gasteiger partial charge in [-0.05, 0) is 24.3 Å². The Morgan fingerprint density at radius 2 is 1.36 bits per heavy atom. The highest BCUT2D eigenvalue weighted by molar-refractivity contribution is 5.38. The van der Waals surface area contributed by atoms with E-state index in [1.807, 2.05) is 48.5 Å². The lowest BCUT2D eigenvalue weighted by molar-refractivity contribution is 0.387. The first-order valence-electron chi connectivity index (χ1n) is 6.70. The Hall–Kier alpha value is -3.08. The Balaban J connectivity index is 1.76. The Labute approximate surface area is 128 Å². The molecule has 0 aliphatic carbocycles. The summed E-state index contributed by atoms with van der Waals surface area (Å²) in [6.07, 6.45) is 1.39. The first kappa shape index (κ1) is 13.9. The molecule has 0 saturated heterocycles. The van der Waals surface area contributed by atoms with Crippen molar-refractivity contribution < 1.29 is 14.2 Å². The number of hydrogen-bond donors (Lipinski definition) is 0. The lowest BCUT2D eigenvalue weighted by Gasteiger charge is -2.08. The van der Waals surface area contributed by atoms with E-state index < -0.39 is 0 Å². The minimum atomic E-state index is 0.406. The van der Waals surface area contributed by atoms with Crippen LogP contribution >= 0.6 is 0 Å². The first-order chi connectivity index (χ1) is 10.8. The SMILES string of the molecule is COc1cc(Oc2cccc(Oc3ccccc3)c2)ncn1. The fourth-order valence-electron chi connectivity index (χ4n) is 1.84. The molecule has 110 valence electrons. The second-order valence-electron chi connectivity index (χ2n) is 4.39. The minimum absolute atomic E-state index is 0.406. The van der Waals surface area contributed by atoms with E-state index in [1.54, 1.807) is 19.2 Å². The molecule has 3 rings (SSSR count). The van der Waals surface area contributed by atoms with Crippen LogP contribution in [0.3, 0.4) is 0 Å². The standard InChI is InChI=1S/C17H14N2O3/c1-20-16-11-17(19-12-18-16)22-15-9-5-8-14(10-15)21-13-6-3-2-4-7-13/h2-12H,1H3. The summed E-state index contributed by atoms with van der Waals surface area (Å²) < 4.78 is 16.5. The molecular formula is C17H14N2O3. The zero-order valence-corrected chi connectivity index (χ0v) is 12.0. The number of nitrogens with zero attached hydrogens (tertiary/aromatic N) is 2. The summed E-state index contributed by atoms with van der Waals surface area (Å²) in [4.78, 5) is 7.98. The van der Waals surface area contributed by atoms with Crippen LogP contribution in [0.5, 0.6) is 29.0 Å². The van der Waals surface area contributed by atoms with Crippen LogP contribution in [-0.4, -0.2) is 17.1 Å². The molecule has 0 saturated carbocycles. The molecule has 1 heterocycles. The molecule has 22 heavy (non-hydrogen) atoms. The van der Waals surface area contributed by atoms with Gasteiger partial charge in [0.15, 0.2) is 0 Å². The topological polar surface area (TPSA) is 53.5 Å². The van der Waals surface area contributed by atoms with E-state index >= 15 is 0 Å². The van der Waals surface area contributed by atoms with Crippen molar-refractivity contribution in [2.75, 3.05) is 7.11 Å². The number of aromatic nitrogens is 2. The normalized spacial score (nSPS) is 10.0. The molecule has 5 heteroatoms. The lowest BCUT2D eigenvalue weighted by atomic mass is 10.3. The van der Waals surface area contributed by atoms with Crippen LogP contribution in [0.15, 0.2) is 67.0 Å². The van der Waals surface area contributed by atoms with E-state index in [4.69, 9.17) is 14.2 Å². The maximum Gasteiger partial charge on any atom is 0.226 e. The second kappa shape index (κ2) is 6.58. The van der Waals surface area contributed by atoms with Crippen molar-refractivity contribution in [1.29, 1.82) is 0 Å². The van der Waals surface area contributed by atoms with Crippen LogP contribution in [0, 0.1) is 0 Å². The summed E-state index contributed by atoms with van der Waals surface area (Å²) in [5.74, 6) is 2.92. The molecule has 1 aromatic heterocycles. The van der Waals surface area contributed by atoms with Crippen molar-refractivity contribution in [3.05, 3.63) is 67.0 Å². The van der Waals surface area contributed by atoms with Crippen molar-refractivity contribution in [3.8, 4) is 29.0 Å². The summed E-state index contributed by atoms with van der Waals surface area (Å²) in [5.41, 5.74) is 0. The second-order valence-corrected chi connectivity index (χ2v) is 4.39. The third-order valence-electron chi connectivity index (χ3n) is 2.83. The van der Waals surface area contributed by atoms with Crippen LogP contribution in [0.1, 0.15) is 0 Å². The Morgan fingerprint density at radius 3 is 2.14 bits per heavy atom. The molecule has 0 atom stereocenters. The number of para-hydroxylation sites is 1. The van der Waals surface area contributed by atoms with Gasteiger partial charge < -0.3 is 14.2 Å². The summed E-state index contributed by atoms with van der Waals surface area (Å²) in [5, 5.41) is 0. The molecule has 0 unspecified atom stereocenters. The highest BCUT2D eigenvalue weighted by Crippen LogP contribution is 2.28. The Bertz CT molecular complexity index is 748. The summed E-state index contributed by atoms with van der Waals surface area (Å²) in [6, 6.07) is 18.5. The van der Waals surface area contributed by atoms with Gasteiger partial charge in [0.05, 0.1) is 13.2 Å². The minimum Gasteiger partial charge on any atom is -0.481 e. The molecule has 0 radical (unpaired) electrons. The molecule has 0 N–H and O–H groups in total. The summed E-state index contributed by atoms with van der Waals surface area (Å²) >= 11 is 0. The van der Waals surface area contributed by atoms with Crippen LogP contribution in [0.4, 0.5) is 0 Å². The van der Waals surface area contributed by atoms with E-state index in [0.717, 1.165) is 5.75 Å². The van der Waals surface area contributed by atoms with Gasteiger partial charge in [-0.2, -0.15) is 0 Å². The molecule has 5 nitrogen and oxygen atoms in total. The van der Waals surface area contributed by atoms with Gasteiger partial charge in [-0.3, -0.25) is 0 Å². The van der Waals surface area contributed by atoms with Crippen molar-refractivity contribution in [3.63, 3.8) is 0 Å². The van der Waals surface area contributed by atoms with Gasteiger partial charge >= 0.3 is 0 Å². The maximum atomic E-state index is 5.76. The van der Waals surface area contributed by atoms with Crippen LogP contribution in [0.2, 0.25) is 0 Å². The molecule has 2 aromatic carbocycles. The first-order valence-corrected chi connectivity index (χ1v) is 6.70. The molecule has 0 bridgehead atoms. The van der Waals surface area contributed by atoms with Crippen LogP contribution < -0.4 is 14.2 Å². The van der Waals surface area contributed by atoms with E-state index in [1.165, 1.54) is 6.33 Å². The van der Waals surface area contributed by atoms with Crippen molar-refractivity contribution >= 4 is 0 Å². The fourth-order valence-corrected chi connectivity index (χ4v) is 1.84. The zero-order chi connectivity index (χ0) is 15.2. The number of rotatable bonds is 5. The number of methoxy groups -OCH3 is 1. The molecule has 0 aliphatic heterocycles. The van der Waals surface area contributed by atoms with Gasteiger partial charge in [-0.15, -0.1) is 0 Å². The van der Waals surface area contributed by atoms with E-state index in [9.17, 15) is 0 Å². The zero-order valence-electron chi connectivity index (χ0n) is 12.0. The number of benzene rings is 2. The van der Waals surface area contributed by atoms with Gasteiger partial charge in [0.1, 0.15) is 23.6 Å². The highest BCUT2D eigenvalue weighted by Gasteiger charge is 2.04. The number of ether oxygens (including phenoxy) is 3. The van der Waals surface area contributed by atoms with Gasteiger partial charge in [0, 0.05) is 6.07 Å². The van der Waals surface area contributed by atoms with Crippen LogP contribution in [-0.2, 0) is 0 Å². The smallest absolute Gasteiger partial charge is 0.226 e. The average Bonchev–Trinajstić information content (AvgIpc) is 2.56.